The molecule has 2 aromatic carbocycles. The third-order valence-electron chi connectivity index (χ3n) is 4.87. The first-order chi connectivity index (χ1) is 15.1. The number of rotatable bonds is 5. The van der Waals surface area contributed by atoms with Crippen molar-refractivity contribution in [3.8, 4) is 5.75 Å². The summed E-state index contributed by atoms with van der Waals surface area (Å²) in [7, 11) is 0. The van der Waals surface area contributed by atoms with Gasteiger partial charge in [0, 0.05) is 0 Å². The first-order valence-electron chi connectivity index (χ1n) is 8.98. The average Bonchev–Trinajstić information content (AvgIpc) is 3.10. The summed E-state index contributed by atoms with van der Waals surface area (Å²) in [6, 6.07) is 2.45. The van der Waals surface area contributed by atoms with Crippen molar-refractivity contribution in [2.75, 3.05) is 0 Å². The quantitative estimate of drug-likeness (QED) is 0.472. The zero-order chi connectivity index (χ0) is 24.8. The number of halogens is 9. The minimum absolute atomic E-state index is 0.238. The van der Waals surface area contributed by atoms with Gasteiger partial charge in [0.1, 0.15) is 28.5 Å². The SMILES string of the molecule is C[C@@H](n1cc(F)cn1)[C@@](O)(c1ccc(OC(F)(F)F)cc1)c1cc(F)c(C(F)(F)F)c(F)c1. The van der Waals surface area contributed by atoms with Crippen LogP contribution in [0.4, 0.5) is 39.5 Å². The number of ether oxygens (including phenoxy) is 1. The number of aromatic nitrogens is 2. The van der Waals surface area contributed by atoms with E-state index in [0.717, 1.165) is 41.3 Å². The largest absolute Gasteiger partial charge is 0.573 e. The molecule has 13 heteroatoms. The van der Waals surface area contributed by atoms with Crippen LogP contribution in [-0.2, 0) is 11.8 Å². The summed E-state index contributed by atoms with van der Waals surface area (Å²) in [4.78, 5) is 0. The summed E-state index contributed by atoms with van der Waals surface area (Å²) >= 11 is 0. The second-order valence-corrected chi connectivity index (χ2v) is 6.97. The Hall–Kier alpha value is -3.22. The number of hydrogen-bond acceptors (Lipinski definition) is 3. The molecule has 178 valence electrons. The van der Waals surface area contributed by atoms with Gasteiger partial charge in [-0.25, -0.2) is 13.2 Å². The standard InChI is InChI=1S/C20H13F9N2O2/c1-10(31-9-13(21)8-30-31)18(32,11-2-4-14(5-3-11)33-20(27,28)29)12-6-15(22)17(16(23)7-12)19(24,25)26/h2-10,32H,1H3/t10-,18-/m1/s1. The Morgan fingerprint density at radius 3 is 1.88 bits per heavy atom. The molecule has 0 spiro atoms. The molecule has 0 unspecified atom stereocenters. The first kappa shape index (κ1) is 24.4. The van der Waals surface area contributed by atoms with Crippen LogP contribution in [0.15, 0.2) is 48.8 Å². The lowest BCUT2D eigenvalue weighted by Gasteiger charge is -2.35. The fourth-order valence-corrected chi connectivity index (χ4v) is 3.34. The van der Waals surface area contributed by atoms with Crippen LogP contribution >= 0.6 is 0 Å². The molecule has 0 amide bonds. The molecule has 0 saturated heterocycles. The highest BCUT2D eigenvalue weighted by atomic mass is 19.4. The van der Waals surface area contributed by atoms with Gasteiger partial charge in [0.2, 0.25) is 0 Å². The van der Waals surface area contributed by atoms with E-state index in [4.69, 9.17) is 0 Å². The highest BCUT2D eigenvalue weighted by Gasteiger charge is 2.44. The van der Waals surface area contributed by atoms with Crippen molar-refractivity contribution in [2.24, 2.45) is 0 Å². The minimum Gasteiger partial charge on any atom is -0.406 e. The van der Waals surface area contributed by atoms with Crippen molar-refractivity contribution in [2.45, 2.75) is 31.1 Å². The lowest BCUT2D eigenvalue weighted by atomic mass is 9.80. The van der Waals surface area contributed by atoms with E-state index in [1.807, 2.05) is 0 Å². The van der Waals surface area contributed by atoms with Crippen LogP contribution in [0.1, 0.15) is 29.7 Å². The highest BCUT2D eigenvalue weighted by Crippen LogP contribution is 2.43. The maximum Gasteiger partial charge on any atom is 0.573 e. The third kappa shape index (κ3) is 4.92. The molecular weight excluding hydrogens is 471 g/mol. The molecule has 0 saturated carbocycles. The van der Waals surface area contributed by atoms with Gasteiger partial charge in [-0.05, 0) is 42.3 Å². The summed E-state index contributed by atoms with van der Waals surface area (Å²) in [5.74, 6) is -5.63. The highest BCUT2D eigenvalue weighted by molar-refractivity contribution is 5.42. The zero-order valence-corrected chi connectivity index (χ0v) is 16.3. The van der Waals surface area contributed by atoms with Crippen LogP contribution in [0.3, 0.4) is 0 Å². The smallest absolute Gasteiger partial charge is 0.406 e. The molecule has 3 rings (SSSR count). The van der Waals surface area contributed by atoms with Gasteiger partial charge in [-0.2, -0.15) is 18.3 Å². The minimum atomic E-state index is -5.38. The van der Waals surface area contributed by atoms with E-state index in [1.54, 1.807) is 0 Å². The van der Waals surface area contributed by atoms with Crippen LogP contribution in [-0.4, -0.2) is 21.2 Å². The molecule has 33 heavy (non-hydrogen) atoms. The molecule has 0 aliphatic carbocycles. The summed E-state index contributed by atoms with van der Waals surface area (Å²) in [5.41, 5.74) is -5.78. The van der Waals surface area contributed by atoms with Crippen molar-refractivity contribution in [1.29, 1.82) is 0 Å². The van der Waals surface area contributed by atoms with Crippen LogP contribution in [0.25, 0.3) is 0 Å². The summed E-state index contributed by atoms with van der Waals surface area (Å²) in [6.07, 6.45) is -8.87. The Morgan fingerprint density at radius 1 is 0.909 bits per heavy atom. The van der Waals surface area contributed by atoms with E-state index in [1.165, 1.54) is 6.92 Å². The molecule has 0 radical (unpaired) electrons. The molecule has 0 aliphatic rings. The summed E-state index contributed by atoms with van der Waals surface area (Å²) in [6.45, 7) is 1.21. The third-order valence-corrected chi connectivity index (χ3v) is 4.87. The van der Waals surface area contributed by atoms with Crippen molar-refractivity contribution < 1.29 is 49.4 Å². The van der Waals surface area contributed by atoms with Gasteiger partial charge >= 0.3 is 12.5 Å². The zero-order valence-electron chi connectivity index (χ0n) is 16.3. The second kappa shape index (κ2) is 8.28. The monoisotopic (exact) mass is 484 g/mol. The van der Waals surface area contributed by atoms with Crippen LogP contribution < -0.4 is 4.74 Å². The van der Waals surface area contributed by atoms with E-state index in [9.17, 15) is 44.6 Å². The normalized spacial score (nSPS) is 15.2. The molecule has 2 atom stereocenters. The number of hydrogen-bond donors (Lipinski definition) is 1. The van der Waals surface area contributed by atoms with Crippen LogP contribution in [0, 0.1) is 17.5 Å². The van der Waals surface area contributed by atoms with E-state index in [0.29, 0.717) is 0 Å². The first-order valence-corrected chi connectivity index (χ1v) is 8.98. The lowest BCUT2D eigenvalue weighted by molar-refractivity contribution is -0.274. The maximum atomic E-state index is 14.3. The number of alkyl halides is 6. The Morgan fingerprint density at radius 2 is 1.45 bits per heavy atom. The summed E-state index contributed by atoms with van der Waals surface area (Å²) < 4.78 is 123. The topological polar surface area (TPSA) is 47.3 Å². The van der Waals surface area contributed by atoms with Gasteiger partial charge in [0.25, 0.3) is 0 Å². The second-order valence-electron chi connectivity index (χ2n) is 6.97. The molecular formula is C20H13F9N2O2. The fraction of sp³-hybridized carbons (Fsp3) is 0.250. The van der Waals surface area contributed by atoms with Gasteiger partial charge in [-0.15, -0.1) is 13.2 Å². The Labute approximate surface area is 179 Å². The molecule has 1 heterocycles. The van der Waals surface area contributed by atoms with E-state index in [-0.39, 0.29) is 17.7 Å². The average molecular weight is 484 g/mol. The number of aliphatic hydroxyl groups is 1. The van der Waals surface area contributed by atoms with Crippen molar-refractivity contribution in [3.05, 3.63) is 82.9 Å². The predicted molar refractivity (Wildman–Crippen MR) is 94.4 cm³/mol. The van der Waals surface area contributed by atoms with E-state index >= 15 is 0 Å². The number of nitrogens with zero attached hydrogens (tertiary/aromatic N) is 2. The molecule has 3 aromatic rings. The van der Waals surface area contributed by atoms with Crippen LogP contribution in [0.2, 0.25) is 0 Å². The van der Waals surface area contributed by atoms with Gasteiger partial charge < -0.3 is 9.84 Å². The van der Waals surface area contributed by atoms with Crippen molar-refractivity contribution >= 4 is 0 Å². The van der Waals surface area contributed by atoms with Crippen molar-refractivity contribution in [1.82, 2.24) is 9.78 Å². The van der Waals surface area contributed by atoms with E-state index < -0.39 is 58.5 Å². The van der Waals surface area contributed by atoms with Crippen molar-refractivity contribution in [3.63, 3.8) is 0 Å². The fourth-order valence-electron chi connectivity index (χ4n) is 3.34. The molecule has 0 bridgehead atoms. The van der Waals surface area contributed by atoms with E-state index in [2.05, 4.69) is 9.84 Å². The van der Waals surface area contributed by atoms with Gasteiger partial charge in [0.05, 0.1) is 18.4 Å². The Balaban J connectivity index is 2.19. The molecule has 0 aliphatic heterocycles. The van der Waals surface area contributed by atoms with Crippen LogP contribution in [0.5, 0.6) is 5.75 Å². The predicted octanol–water partition coefficient (Wildman–Crippen LogP) is 5.71. The molecule has 1 N–H and O–H groups in total. The Kier molecular flexibility index (Phi) is 6.13. The lowest BCUT2D eigenvalue weighted by Crippen LogP contribution is -2.37. The van der Waals surface area contributed by atoms with Gasteiger partial charge in [-0.1, -0.05) is 12.1 Å². The molecule has 1 aromatic heterocycles. The maximum absolute atomic E-state index is 14.3. The van der Waals surface area contributed by atoms with Gasteiger partial charge in [0.15, 0.2) is 5.82 Å². The Bertz CT molecular complexity index is 1120. The number of benzene rings is 2. The summed E-state index contributed by atoms with van der Waals surface area (Å²) in [5, 5.41) is 15.1. The van der Waals surface area contributed by atoms with Gasteiger partial charge in [-0.3, -0.25) is 4.68 Å². The molecule has 4 nitrogen and oxygen atoms in total. The molecule has 0 fully saturated rings.